The molecule has 0 N–H and O–H groups in total. The molecule has 1 fully saturated rings. The second-order valence-corrected chi connectivity index (χ2v) is 6.98. The van der Waals surface area contributed by atoms with Crippen molar-refractivity contribution < 1.29 is 19.3 Å². The van der Waals surface area contributed by atoms with Crippen LogP contribution in [-0.4, -0.2) is 6.16 Å². The molecule has 0 aliphatic heterocycles. The fourth-order valence-corrected chi connectivity index (χ4v) is 3.34. The monoisotopic (exact) mass is 340 g/mol. The van der Waals surface area contributed by atoms with Crippen LogP contribution in [0, 0.1) is 6.92 Å². The van der Waals surface area contributed by atoms with Crippen LogP contribution in [-0.2, 0) is 10.3 Å². The van der Waals surface area contributed by atoms with E-state index in [9.17, 15) is 4.79 Å². The Labute approximate surface area is 148 Å². The first-order chi connectivity index (χ1) is 12.0. The molecule has 0 radical (unpaired) electrons. The maximum absolute atomic E-state index is 11.7. The van der Waals surface area contributed by atoms with Crippen LogP contribution in [0.5, 0.6) is 11.5 Å². The van der Waals surface area contributed by atoms with Crippen LogP contribution in [0.3, 0.4) is 0 Å². The van der Waals surface area contributed by atoms with Gasteiger partial charge in [0, 0.05) is 0 Å². The molecule has 2 aromatic carbocycles. The third-order valence-electron chi connectivity index (χ3n) is 4.94. The zero-order valence-corrected chi connectivity index (χ0v) is 14.8. The van der Waals surface area contributed by atoms with Crippen molar-refractivity contribution in [2.45, 2.75) is 51.4 Å². The Morgan fingerprint density at radius 1 is 0.880 bits per heavy atom. The summed E-state index contributed by atoms with van der Waals surface area (Å²) in [5.74, 6) is 0.892. The molecule has 1 aliphatic carbocycles. The fraction of sp³-hybridized carbons (Fsp3) is 0.381. The zero-order chi connectivity index (χ0) is 17.7. The first kappa shape index (κ1) is 17.3. The van der Waals surface area contributed by atoms with Gasteiger partial charge in [-0.1, -0.05) is 56.0 Å². The lowest BCUT2D eigenvalue weighted by atomic mass is 9.71. The van der Waals surface area contributed by atoms with Gasteiger partial charge in [-0.15, -0.1) is 0 Å². The Bertz CT molecular complexity index is 698. The lowest BCUT2D eigenvalue weighted by Gasteiger charge is -2.34. The van der Waals surface area contributed by atoms with Crippen molar-refractivity contribution in [1.29, 1.82) is 0 Å². The van der Waals surface area contributed by atoms with Crippen LogP contribution in [0.4, 0.5) is 4.79 Å². The van der Waals surface area contributed by atoms with E-state index in [0.717, 1.165) is 5.56 Å². The highest BCUT2D eigenvalue weighted by Gasteiger charge is 2.28. The molecule has 0 spiro atoms. The third kappa shape index (κ3) is 4.53. The summed E-state index contributed by atoms with van der Waals surface area (Å²) in [6.07, 6.45) is 5.42. The first-order valence-electron chi connectivity index (χ1n) is 8.79. The van der Waals surface area contributed by atoms with E-state index in [4.69, 9.17) is 14.5 Å². The van der Waals surface area contributed by atoms with Crippen LogP contribution in [0.15, 0.2) is 48.5 Å². The maximum atomic E-state index is 11.7. The molecule has 2 aromatic rings. The van der Waals surface area contributed by atoms with Crippen molar-refractivity contribution in [2.75, 3.05) is 0 Å². The van der Waals surface area contributed by atoms with Crippen LogP contribution in [0.1, 0.15) is 50.2 Å². The number of hydrogen-bond donors (Lipinski definition) is 0. The molecule has 4 nitrogen and oxygen atoms in total. The Morgan fingerprint density at radius 2 is 1.48 bits per heavy atom. The van der Waals surface area contributed by atoms with E-state index >= 15 is 0 Å². The van der Waals surface area contributed by atoms with Crippen molar-refractivity contribution in [3.63, 3.8) is 0 Å². The molecule has 25 heavy (non-hydrogen) atoms. The lowest BCUT2D eigenvalue weighted by molar-refractivity contribution is -0.157. The van der Waals surface area contributed by atoms with Crippen molar-refractivity contribution in [3.8, 4) is 11.5 Å². The standard InChI is InChI=1S/C21H24O4/c1-16-6-10-18(11-7-16)23-20(22)25-24-19-12-8-17(9-13-19)21(2)14-4-3-5-15-21/h6-13H,3-5,14-15H2,1-2H3. The minimum Gasteiger partial charge on any atom is -0.393 e. The third-order valence-corrected chi connectivity index (χ3v) is 4.94. The quantitative estimate of drug-likeness (QED) is 0.309. The number of ether oxygens (including phenoxy) is 1. The second kappa shape index (κ2) is 7.60. The smallest absolute Gasteiger partial charge is 0.393 e. The Morgan fingerprint density at radius 3 is 2.12 bits per heavy atom. The molecule has 4 heteroatoms. The van der Waals surface area contributed by atoms with Gasteiger partial charge in [-0.2, -0.15) is 4.79 Å². The normalized spacial score (nSPS) is 16.1. The molecule has 1 saturated carbocycles. The summed E-state index contributed by atoms with van der Waals surface area (Å²) < 4.78 is 5.04. The van der Waals surface area contributed by atoms with Crippen molar-refractivity contribution >= 4 is 6.16 Å². The second-order valence-electron chi connectivity index (χ2n) is 6.98. The van der Waals surface area contributed by atoms with Crippen LogP contribution < -0.4 is 9.62 Å². The Hall–Kier alpha value is -2.49. The fourth-order valence-electron chi connectivity index (χ4n) is 3.34. The van der Waals surface area contributed by atoms with Gasteiger partial charge in [0.2, 0.25) is 0 Å². The zero-order valence-electron chi connectivity index (χ0n) is 14.8. The summed E-state index contributed by atoms with van der Waals surface area (Å²) in [5, 5.41) is 0. The number of rotatable bonds is 4. The van der Waals surface area contributed by atoms with E-state index < -0.39 is 6.16 Å². The first-order valence-corrected chi connectivity index (χ1v) is 8.79. The summed E-state index contributed by atoms with van der Waals surface area (Å²) in [7, 11) is 0. The van der Waals surface area contributed by atoms with E-state index in [1.807, 2.05) is 31.2 Å². The molecular formula is C21H24O4. The number of carbonyl (C=O) groups excluding carboxylic acids is 1. The highest BCUT2D eigenvalue weighted by atomic mass is 17.2. The van der Waals surface area contributed by atoms with E-state index in [1.54, 1.807) is 12.1 Å². The van der Waals surface area contributed by atoms with Gasteiger partial charge in [-0.05, 0) is 55.0 Å². The average molecular weight is 340 g/mol. The average Bonchev–Trinajstić information content (AvgIpc) is 2.63. The maximum Gasteiger partial charge on any atom is 0.555 e. The Kier molecular flexibility index (Phi) is 5.27. The van der Waals surface area contributed by atoms with Crippen molar-refractivity contribution in [1.82, 2.24) is 0 Å². The van der Waals surface area contributed by atoms with Gasteiger partial charge in [0.1, 0.15) is 5.75 Å². The van der Waals surface area contributed by atoms with E-state index in [2.05, 4.69) is 19.1 Å². The number of carbonyl (C=O) groups is 1. The van der Waals surface area contributed by atoms with Crippen molar-refractivity contribution in [3.05, 3.63) is 59.7 Å². The van der Waals surface area contributed by atoms with Gasteiger partial charge in [-0.3, -0.25) is 4.89 Å². The molecule has 1 aliphatic rings. The molecule has 0 heterocycles. The Balaban J connectivity index is 1.53. The highest BCUT2D eigenvalue weighted by Crippen LogP contribution is 2.39. The molecule has 132 valence electrons. The molecule has 0 unspecified atom stereocenters. The predicted molar refractivity (Wildman–Crippen MR) is 95.8 cm³/mol. The van der Waals surface area contributed by atoms with E-state index in [1.165, 1.54) is 37.7 Å². The summed E-state index contributed by atoms with van der Waals surface area (Å²) in [6.45, 7) is 4.28. The van der Waals surface area contributed by atoms with Gasteiger partial charge >= 0.3 is 6.16 Å². The van der Waals surface area contributed by atoms with Crippen molar-refractivity contribution in [2.24, 2.45) is 0 Å². The molecule has 0 saturated heterocycles. The highest BCUT2D eigenvalue weighted by molar-refractivity contribution is 5.63. The summed E-state index contributed by atoms with van der Waals surface area (Å²) in [5.41, 5.74) is 2.63. The molecule has 0 amide bonds. The number of hydrogen-bond acceptors (Lipinski definition) is 4. The molecule has 3 rings (SSSR count). The SMILES string of the molecule is Cc1ccc(OC(=O)OOc2ccc(C3(C)CCCCC3)cc2)cc1. The van der Waals surface area contributed by atoms with Crippen LogP contribution in [0.2, 0.25) is 0 Å². The van der Waals surface area contributed by atoms with Gasteiger partial charge in [-0.25, -0.2) is 4.89 Å². The van der Waals surface area contributed by atoms with E-state index in [0.29, 0.717) is 11.5 Å². The number of aryl methyl sites for hydroxylation is 1. The van der Waals surface area contributed by atoms with Crippen LogP contribution in [0.25, 0.3) is 0 Å². The predicted octanol–water partition coefficient (Wildman–Crippen LogP) is 5.73. The molecule has 0 aromatic heterocycles. The van der Waals surface area contributed by atoms with Gasteiger partial charge in [0.15, 0.2) is 5.75 Å². The van der Waals surface area contributed by atoms with Gasteiger partial charge < -0.3 is 4.74 Å². The van der Waals surface area contributed by atoms with E-state index in [-0.39, 0.29) is 5.41 Å². The largest absolute Gasteiger partial charge is 0.555 e. The molecule has 0 bridgehead atoms. The summed E-state index contributed by atoms with van der Waals surface area (Å²) >= 11 is 0. The van der Waals surface area contributed by atoms with Gasteiger partial charge in [0.05, 0.1) is 0 Å². The minimum atomic E-state index is -0.896. The molecular weight excluding hydrogens is 316 g/mol. The van der Waals surface area contributed by atoms with Crippen LogP contribution >= 0.6 is 0 Å². The summed E-state index contributed by atoms with van der Waals surface area (Å²) in [6, 6.07) is 14.9. The summed E-state index contributed by atoms with van der Waals surface area (Å²) in [4.78, 5) is 21.4. The molecule has 0 atom stereocenters. The topological polar surface area (TPSA) is 44.8 Å². The number of benzene rings is 2. The lowest BCUT2D eigenvalue weighted by Crippen LogP contribution is -2.24. The minimum absolute atomic E-state index is 0.238. The van der Waals surface area contributed by atoms with Gasteiger partial charge in [0.25, 0.3) is 0 Å².